The van der Waals surface area contributed by atoms with Gasteiger partial charge in [-0.3, -0.25) is 4.79 Å². The maximum absolute atomic E-state index is 13.4. The van der Waals surface area contributed by atoms with Crippen LogP contribution in [0.1, 0.15) is 33.9 Å². The fourth-order valence-electron chi connectivity index (χ4n) is 4.66. The van der Waals surface area contributed by atoms with E-state index in [2.05, 4.69) is 5.10 Å². The number of methoxy groups -OCH3 is 1. The van der Waals surface area contributed by atoms with Crippen molar-refractivity contribution in [3.05, 3.63) is 94.5 Å². The van der Waals surface area contributed by atoms with Crippen molar-refractivity contribution in [3.63, 3.8) is 0 Å². The van der Waals surface area contributed by atoms with Crippen molar-refractivity contribution >= 4 is 39.2 Å². The van der Waals surface area contributed by atoms with Gasteiger partial charge in [-0.15, -0.1) is 0 Å². The first-order valence-electron chi connectivity index (χ1n) is 12.9. The van der Waals surface area contributed by atoms with Crippen LogP contribution < -0.4 is 4.74 Å². The monoisotopic (exact) mass is 597 g/mol. The highest BCUT2D eigenvalue weighted by Crippen LogP contribution is 2.34. The third-order valence-electron chi connectivity index (χ3n) is 6.87. The average molecular weight is 598 g/mol. The lowest BCUT2D eigenvalue weighted by Gasteiger charge is -2.26. The van der Waals surface area contributed by atoms with Crippen molar-refractivity contribution in [2.75, 3.05) is 40.0 Å². The Morgan fingerprint density at radius 2 is 1.73 bits per heavy atom. The molecule has 0 bridgehead atoms. The van der Waals surface area contributed by atoms with Gasteiger partial charge in [-0.1, -0.05) is 54.1 Å². The molecule has 2 aliphatic heterocycles. The van der Waals surface area contributed by atoms with Crippen molar-refractivity contribution in [2.24, 2.45) is 5.10 Å². The molecule has 2 aliphatic rings. The summed E-state index contributed by atoms with van der Waals surface area (Å²) in [6.45, 7) is 0.359. The van der Waals surface area contributed by atoms with Crippen molar-refractivity contribution < 1.29 is 32.2 Å². The van der Waals surface area contributed by atoms with Crippen LogP contribution in [0.2, 0.25) is 5.02 Å². The molecule has 0 aliphatic carbocycles. The summed E-state index contributed by atoms with van der Waals surface area (Å²) in [6.07, 6.45) is 0.462. The van der Waals surface area contributed by atoms with Crippen LogP contribution in [0.25, 0.3) is 0 Å². The zero-order valence-electron chi connectivity index (χ0n) is 22.2. The predicted molar refractivity (Wildman–Crippen MR) is 151 cm³/mol. The van der Waals surface area contributed by atoms with Crippen LogP contribution in [0, 0.1) is 0 Å². The molecular formula is C29H28ClN3O7S. The minimum absolute atomic E-state index is 0.00467. The summed E-state index contributed by atoms with van der Waals surface area (Å²) in [7, 11) is -2.29. The number of rotatable bonds is 8. The first-order chi connectivity index (χ1) is 19.8. The second-order valence-corrected chi connectivity index (χ2v) is 11.7. The van der Waals surface area contributed by atoms with E-state index in [1.807, 2.05) is 42.5 Å². The van der Waals surface area contributed by atoms with Crippen molar-refractivity contribution in [1.82, 2.24) is 9.31 Å². The minimum Gasteiger partial charge on any atom is -0.497 e. The Morgan fingerprint density at radius 1 is 1.02 bits per heavy atom. The van der Waals surface area contributed by atoms with E-state index in [4.69, 9.17) is 25.8 Å². The summed E-state index contributed by atoms with van der Waals surface area (Å²) >= 11 is 6.23. The van der Waals surface area contributed by atoms with Crippen LogP contribution in [0.5, 0.6) is 5.75 Å². The molecule has 3 aromatic rings. The van der Waals surface area contributed by atoms with Crippen molar-refractivity contribution in [2.45, 2.75) is 17.4 Å². The number of ether oxygens (including phenoxy) is 3. The van der Waals surface area contributed by atoms with Crippen molar-refractivity contribution in [3.8, 4) is 5.75 Å². The predicted octanol–water partition coefficient (Wildman–Crippen LogP) is 3.90. The molecule has 214 valence electrons. The summed E-state index contributed by atoms with van der Waals surface area (Å²) in [4.78, 5) is 26.2. The van der Waals surface area contributed by atoms with E-state index >= 15 is 0 Å². The van der Waals surface area contributed by atoms with Crippen LogP contribution in [-0.4, -0.2) is 75.3 Å². The molecule has 12 heteroatoms. The normalized spacial score (nSPS) is 17.7. The Bertz CT molecular complexity index is 1560. The van der Waals surface area contributed by atoms with Gasteiger partial charge in [0.15, 0.2) is 6.61 Å². The van der Waals surface area contributed by atoms with Gasteiger partial charge in [-0.2, -0.15) is 9.41 Å². The summed E-state index contributed by atoms with van der Waals surface area (Å²) < 4.78 is 43.2. The zero-order valence-corrected chi connectivity index (χ0v) is 23.8. The largest absolute Gasteiger partial charge is 0.497 e. The van der Waals surface area contributed by atoms with E-state index in [1.54, 1.807) is 19.2 Å². The summed E-state index contributed by atoms with van der Waals surface area (Å²) in [6, 6.07) is 20.2. The zero-order chi connectivity index (χ0) is 29.0. The highest BCUT2D eigenvalue weighted by molar-refractivity contribution is 7.89. The van der Waals surface area contributed by atoms with Crippen molar-refractivity contribution in [1.29, 1.82) is 0 Å². The van der Waals surface area contributed by atoms with Gasteiger partial charge in [0.1, 0.15) is 5.75 Å². The van der Waals surface area contributed by atoms with Gasteiger partial charge >= 0.3 is 5.97 Å². The van der Waals surface area contributed by atoms with E-state index in [-0.39, 0.29) is 41.8 Å². The number of benzene rings is 3. The van der Waals surface area contributed by atoms with Crippen LogP contribution in [0.4, 0.5) is 0 Å². The highest BCUT2D eigenvalue weighted by Gasteiger charge is 2.34. The Hall–Kier alpha value is -3.77. The number of nitrogens with zero attached hydrogens (tertiary/aromatic N) is 3. The quantitative estimate of drug-likeness (QED) is 0.362. The third kappa shape index (κ3) is 6.28. The van der Waals surface area contributed by atoms with Gasteiger partial charge in [-0.25, -0.2) is 18.2 Å². The first kappa shape index (κ1) is 28.7. The SMILES string of the molecule is COc1ccc([C@H]2CC(c3ccccc3)=NN2C(=O)COC(=O)c2cc(S(=O)(=O)N3CCOCC3)ccc2Cl)cc1. The number of morpholine rings is 1. The molecule has 1 atom stereocenters. The topological polar surface area (TPSA) is 115 Å². The minimum atomic E-state index is -3.87. The van der Waals surface area contributed by atoms with Crippen LogP contribution in [0.15, 0.2) is 82.8 Å². The molecule has 0 N–H and O–H groups in total. The van der Waals surface area contributed by atoms with Gasteiger partial charge in [-0.05, 0) is 41.5 Å². The Morgan fingerprint density at radius 3 is 2.41 bits per heavy atom. The summed E-state index contributed by atoms with van der Waals surface area (Å²) in [5.41, 5.74) is 2.28. The molecule has 5 rings (SSSR count). The molecule has 0 radical (unpaired) electrons. The molecule has 0 spiro atoms. The fourth-order valence-corrected chi connectivity index (χ4v) is 6.29. The van der Waals surface area contributed by atoms with Gasteiger partial charge < -0.3 is 14.2 Å². The number of halogens is 1. The standard InChI is InChI=1S/C29H28ClN3O7S/c1-38-22-9-7-21(8-10-22)27-18-26(20-5-3-2-4-6-20)31-33(27)28(34)19-40-29(35)24-17-23(11-12-25(24)30)41(36,37)32-13-15-39-16-14-32/h2-12,17,27H,13-16,18-19H2,1H3/t27-/m1/s1. The van der Waals surface area contributed by atoms with E-state index in [1.165, 1.54) is 27.5 Å². The Kier molecular flexibility index (Phi) is 8.69. The lowest BCUT2D eigenvalue weighted by atomic mass is 9.98. The number of esters is 1. The lowest BCUT2D eigenvalue weighted by molar-refractivity contribution is -0.136. The van der Waals surface area contributed by atoms with E-state index in [9.17, 15) is 18.0 Å². The number of hydrogen-bond donors (Lipinski definition) is 0. The smallest absolute Gasteiger partial charge is 0.340 e. The molecule has 0 saturated carbocycles. The molecule has 0 unspecified atom stereocenters. The fraction of sp³-hybridized carbons (Fsp3) is 0.276. The third-order valence-corrected chi connectivity index (χ3v) is 9.09. The maximum atomic E-state index is 13.4. The molecule has 41 heavy (non-hydrogen) atoms. The van der Waals surface area contributed by atoms with Crippen LogP contribution in [-0.2, 0) is 24.3 Å². The Labute approximate surface area is 243 Å². The Balaban J connectivity index is 1.34. The molecule has 0 aromatic heterocycles. The molecule has 1 amide bonds. The van der Waals surface area contributed by atoms with Gasteiger partial charge in [0.2, 0.25) is 10.0 Å². The molecule has 3 aromatic carbocycles. The number of carbonyl (C=O) groups is 2. The van der Waals surface area contributed by atoms with E-state index < -0.39 is 34.5 Å². The molecule has 10 nitrogen and oxygen atoms in total. The van der Waals surface area contributed by atoms with E-state index in [0.29, 0.717) is 12.2 Å². The summed E-state index contributed by atoms with van der Waals surface area (Å²) in [5, 5.41) is 5.90. The molecule has 1 fully saturated rings. The number of hydrogen-bond acceptors (Lipinski definition) is 8. The van der Waals surface area contributed by atoms with Gasteiger partial charge in [0.05, 0.1) is 47.6 Å². The number of hydrazone groups is 1. The summed E-state index contributed by atoms with van der Waals surface area (Å²) in [5.74, 6) is -0.786. The highest BCUT2D eigenvalue weighted by atomic mass is 35.5. The molecule has 2 heterocycles. The van der Waals surface area contributed by atoms with Crippen LogP contribution in [0.3, 0.4) is 0 Å². The maximum Gasteiger partial charge on any atom is 0.340 e. The number of sulfonamides is 1. The number of carbonyl (C=O) groups excluding carboxylic acids is 2. The van der Waals surface area contributed by atoms with Crippen LogP contribution >= 0.6 is 11.6 Å². The van der Waals surface area contributed by atoms with Gasteiger partial charge in [0.25, 0.3) is 5.91 Å². The first-order valence-corrected chi connectivity index (χ1v) is 14.7. The lowest BCUT2D eigenvalue weighted by Crippen LogP contribution is -2.40. The average Bonchev–Trinajstić information content (AvgIpc) is 3.46. The number of amides is 1. The second kappa shape index (κ2) is 12.4. The molecular weight excluding hydrogens is 570 g/mol. The van der Waals surface area contributed by atoms with E-state index in [0.717, 1.165) is 16.8 Å². The van der Waals surface area contributed by atoms with Gasteiger partial charge in [0, 0.05) is 19.5 Å². The second-order valence-electron chi connectivity index (χ2n) is 9.38. The molecule has 1 saturated heterocycles.